The summed E-state index contributed by atoms with van der Waals surface area (Å²) in [5, 5.41) is 6.66. The third-order valence-corrected chi connectivity index (χ3v) is 4.84. The molecule has 6 heteroatoms. The van der Waals surface area contributed by atoms with Gasteiger partial charge in [-0.15, -0.1) is 0 Å². The Hall–Kier alpha value is -2.63. The SMILES string of the molecule is Cc1cc(=O)[nH]c2ccc(NC(=O)C3(C(=O)NC4CC4)CC3)cc12. The van der Waals surface area contributed by atoms with Crippen molar-refractivity contribution < 1.29 is 9.59 Å². The van der Waals surface area contributed by atoms with Gasteiger partial charge < -0.3 is 15.6 Å². The molecule has 2 fully saturated rings. The number of pyridine rings is 1. The van der Waals surface area contributed by atoms with Gasteiger partial charge in [0.25, 0.3) is 0 Å². The van der Waals surface area contributed by atoms with Crippen LogP contribution in [-0.4, -0.2) is 22.8 Å². The number of fused-ring (bicyclic) bond motifs is 1. The Balaban J connectivity index is 1.56. The van der Waals surface area contributed by atoms with Gasteiger partial charge in [-0.3, -0.25) is 14.4 Å². The minimum Gasteiger partial charge on any atom is -0.352 e. The summed E-state index contributed by atoms with van der Waals surface area (Å²) in [5.74, 6) is -0.397. The van der Waals surface area contributed by atoms with E-state index in [1.807, 2.05) is 13.0 Å². The summed E-state index contributed by atoms with van der Waals surface area (Å²) in [6.45, 7) is 1.86. The minimum atomic E-state index is -0.905. The van der Waals surface area contributed by atoms with Crippen molar-refractivity contribution in [2.45, 2.75) is 38.6 Å². The average Bonchev–Trinajstić information content (AvgIpc) is 3.42. The van der Waals surface area contributed by atoms with Crippen LogP contribution in [0.15, 0.2) is 29.1 Å². The smallest absolute Gasteiger partial charge is 0.248 e. The van der Waals surface area contributed by atoms with Crippen LogP contribution >= 0.6 is 0 Å². The number of carbonyl (C=O) groups is 2. The van der Waals surface area contributed by atoms with Crippen LogP contribution in [-0.2, 0) is 9.59 Å². The van der Waals surface area contributed by atoms with Crippen molar-refractivity contribution in [3.63, 3.8) is 0 Å². The summed E-state index contributed by atoms with van der Waals surface area (Å²) in [4.78, 5) is 39.2. The molecule has 1 aromatic carbocycles. The predicted molar refractivity (Wildman–Crippen MR) is 90.8 cm³/mol. The molecule has 0 spiro atoms. The normalized spacial score (nSPS) is 18.2. The van der Waals surface area contributed by atoms with Gasteiger partial charge in [-0.25, -0.2) is 0 Å². The van der Waals surface area contributed by atoms with E-state index in [0.717, 1.165) is 29.3 Å². The van der Waals surface area contributed by atoms with Gasteiger partial charge >= 0.3 is 0 Å². The lowest BCUT2D eigenvalue weighted by Gasteiger charge is -2.15. The van der Waals surface area contributed by atoms with Gasteiger partial charge in [0.05, 0.1) is 0 Å². The van der Waals surface area contributed by atoms with E-state index in [2.05, 4.69) is 15.6 Å². The zero-order valence-corrected chi connectivity index (χ0v) is 13.4. The maximum absolute atomic E-state index is 12.6. The molecule has 1 aromatic heterocycles. The van der Waals surface area contributed by atoms with Crippen molar-refractivity contribution in [3.8, 4) is 0 Å². The van der Waals surface area contributed by atoms with Crippen LogP contribution in [0.25, 0.3) is 10.9 Å². The highest BCUT2D eigenvalue weighted by Crippen LogP contribution is 2.47. The first-order valence-corrected chi connectivity index (χ1v) is 8.24. The summed E-state index contributed by atoms with van der Waals surface area (Å²) < 4.78 is 0. The Morgan fingerprint density at radius 3 is 2.58 bits per heavy atom. The molecule has 1 heterocycles. The van der Waals surface area contributed by atoms with Gasteiger partial charge in [-0.2, -0.15) is 0 Å². The van der Waals surface area contributed by atoms with Crippen LogP contribution in [0.2, 0.25) is 0 Å². The number of carbonyl (C=O) groups excluding carboxylic acids is 2. The number of rotatable bonds is 4. The Morgan fingerprint density at radius 2 is 1.92 bits per heavy atom. The zero-order chi connectivity index (χ0) is 16.9. The fourth-order valence-electron chi connectivity index (χ4n) is 2.98. The lowest BCUT2D eigenvalue weighted by Crippen LogP contribution is -2.40. The third-order valence-electron chi connectivity index (χ3n) is 4.84. The number of H-pyrrole nitrogens is 1. The molecular formula is C18H19N3O3. The summed E-state index contributed by atoms with van der Waals surface area (Å²) in [6.07, 6.45) is 3.20. The lowest BCUT2D eigenvalue weighted by molar-refractivity contribution is -0.134. The largest absolute Gasteiger partial charge is 0.352 e. The first kappa shape index (κ1) is 14.9. The maximum Gasteiger partial charge on any atom is 0.248 e. The van der Waals surface area contributed by atoms with Crippen LogP contribution < -0.4 is 16.2 Å². The Bertz CT molecular complexity index is 907. The first-order chi connectivity index (χ1) is 11.5. The molecule has 2 aliphatic carbocycles. The fourth-order valence-corrected chi connectivity index (χ4v) is 2.98. The second-order valence-corrected chi connectivity index (χ2v) is 6.86. The number of benzene rings is 1. The number of aromatic amines is 1. The third kappa shape index (κ3) is 2.58. The number of anilines is 1. The molecule has 0 atom stereocenters. The van der Waals surface area contributed by atoms with Gasteiger partial charge in [0, 0.05) is 28.7 Å². The number of aromatic nitrogens is 1. The van der Waals surface area contributed by atoms with Crippen molar-refractivity contribution in [3.05, 3.63) is 40.2 Å². The molecule has 2 saturated carbocycles. The summed E-state index contributed by atoms with van der Waals surface area (Å²) in [5.41, 5.74) is 1.15. The van der Waals surface area contributed by atoms with Gasteiger partial charge in [-0.05, 0) is 56.4 Å². The number of nitrogens with one attached hydrogen (secondary N) is 3. The van der Waals surface area contributed by atoms with Gasteiger partial charge in [0.2, 0.25) is 17.4 Å². The molecule has 0 radical (unpaired) electrons. The number of hydrogen-bond donors (Lipinski definition) is 3. The quantitative estimate of drug-likeness (QED) is 0.749. The molecule has 24 heavy (non-hydrogen) atoms. The van der Waals surface area contributed by atoms with Crippen LogP contribution in [0, 0.1) is 12.3 Å². The van der Waals surface area contributed by atoms with E-state index < -0.39 is 5.41 Å². The topological polar surface area (TPSA) is 91.1 Å². The van der Waals surface area contributed by atoms with Crippen molar-refractivity contribution in [2.24, 2.45) is 5.41 Å². The molecule has 2 aliphatic rings. The molecule has 2 amide bonds. The molecule has 3 N–H and O–H groups in total. The lowest BCUT2D eigenvalue weighted by atomic mass is 10.0. The highest BCUT2D eigenvalue weighted by Gasteiger charge is 2.57. The van der Waals surface area contributed by atoms with E-state index >= 15 is 0 Å². The predicted octanol–water partition coefficient (Wildman–Crippen LogP) is 1.83. The van der Waals surface area contributed by atoms with Crippen molar-refractivity contribution in [1.82, 2.24) is 10.3 Å². The van der Waals surface area contributed by atoms with Gasteiger partial charge in [-0.1, -0.05) is 0 Å². The van der Waals surface area contributed by atoms with E-state index in [9.17, 15) is 14.4 Å². The second-order valence-electron chi connectivity index (χ2n) is 6.86. The average molecular weight is 325 g/mol. The number of amides is 2. The van der Waals surface area contributed by atoms with Gasteiger partial charge in [0.1, 0.15) is 5.41 Å². The van der Waals surface area contributed by atoms with E-state index in [4.69, 9.17) is 0 Å². The Kier molecular flexibility index (Phi) is 3.23. The molecule has 0 saturated heterocycles. The molecule has 2 aromatic rings. The summed E-state index contributed by atoms with van der Waals surface area (Å²) in [6, 6.07) is 7.11. The van der Waals surface area contributed by atoms with E-state index in [1.165, 1.54) is 6.07 Å². The van der Waals surface area contributed by atoms with Crippen molar-refractivity contribution in [1.29, 1.82) is 0 Å². The fraction of sp³-hybridized carbons (Fsp3) is 0.389. The summed E-state index contributed by atoms with van der Waals surface area (Å²) in [7, 11) is 0. The molecule has 4 rings (SSSR count). The first-order valence-electron chi connectivity index (χ1n) is 8.24. The van der Waals surface area contributed by atoms with Crippen LogP contribution in [0.5, 0.6) is 0 Å². The highest BCUT2D eigenvalue weighted by molar-refractivity contribution is 6.13. The van der Waals surface area contributed by atoms with Crippen molar-refractivity contribution >= 4 is 28.4 Å². The highest BCUT2D eigenvalue weighted by atomic mass is 16.2. The second kappa shape index (κ2) is 5.19. The molecular weight excluding hydrogens is 306 g/mol. The Morgan fingerprint density at radius 1 is 1.17 bits per heavy atom. The standard InChI is InChI=1S/C18H19N3O3/c1-10-8-15(22)21-14-5-4-12(9-13(10)14)20-17(24)18(6-7-18)16(23)19-11-2-3-11/h4-5,8-9,11H,2-3,6-7H2,1H3,(H,19,23)(H,20,24)(H,21,22). The van der Waals surface area contributed by atoms with E-state index in [-0.39, 0.29) is 23.4 Å². The minimum absolute atomic E-state index is 0.148. The monoisotopic (exact) mass is 325 g/mol. The van der Waals surface area contributed by atoms with E-state index in [0.29, 0.717) is 18.5 Å². The molecule has 124 valence electrons. The van der Waals surface area contributed by atoms with Crippen LogP contribution in [0.3, 0.4) is 0 Å². The molecule has 0 bridgehead atoms. The number of aryl methyl sites for hydroxylation is 1. The maximum atomic E-state index is 12.6. The van der Waals surface area contributed by atoms with Crippen LogP contribution in [0.4, 0.5) is 5.69 Å². The van der Waals surface area contributed by atoms with Crippen LogP contribution in [0.1, 0.15) is 31.2 Å². The van der Waals surface area contributed by atoms with E-state index in [1.54, 1.807) is 12.1 Å². The summed E-state index contributed by atoms with van der Waals surface area (Å²) >= 11 is 0. The Labute approximate surface area is 138 Å². The molecule has 6 nitrogen and oxygen atoms in total. The number of hydrogen-bond acceptors (Lipinski definition) is 3. The zero-order valence-electron chi connectivity index (χ0n) is 13.4. The van der Waals surface area contributed by atoms with Gasteiger partial charge in [0.15, 0.2) is 0 Å². The molecule has 0 unspecified atom stereocenters. The molecule has 0 aliphatic heterocycles. The van der Waals surface area contributed by atoms with Crippen molar-refractivity contribution in [2.75, 3.05) is 5.32 Å².